The van der Waals surface area contributed by atoms with Crippen LogP contribution in [0.4, 0.5) is 5.69 Å². The summed E-state index contributed by atoms with van der Waals surface area (Å²) in [6.07, 6.45) is 7.77. The largest absolute Gasteiger partial charge is 0.462 e. The van der Waals surface area contributed by atoms with Crippen LogP contribution in [0.1, 0.15) is 23.7 Å². The van der Waals surface area contributed by atoms with Crippen LogP contribution in [0.2, 0.25) is 0 Å². The minimum absolute atomic E-state index is 0.314. The lowest BCUT2D eigenvalue weighted by molar-refractivity contribution is 0.0526. The topological polar surface area (TPSA) is 45.7 Å². The molecule has 1 saturated heterocycles. The Labute approximate surface area is 148 Å². The van der Waals surface area contributed by atoms with E-state index in [1.165, 1.54) is 0 Å². The first kappa shape index (κ1) is 17.2. The summed E-state index contributed by atoms with van der Waals surface area (Å²) in [7, 11) is 0. The van der Waals surface area contributed by atoms with E-state index >= 15 is 0 Å². The van der Waals surface area contributed by atoms with Gasteiger partial charge < -0.3 is 9.64 Å². The average Bonchev–Trinajstić information content (AvgIpc) is 2.66. The van der Waals surface area contributed by atoms with E-state index in [1.807, 2.05) is 31.2 Å². The number of anilines is 1. The van der Waals surface area contributed by atoms with Crippen molar-refractivity contribution in [2.45, 2.75) is 13.3 Å². The van der Waals surface area contributed by atoms with Gasteiger partial charge >= 0.3 is 5.97 Å². The van der Waals surface area contributed by atoms with Gasteiger partial charge in [-0.15, -0.1) is 12.3 Å². The molecule has 2 heterocycles. The normalized spacial score (nSPS) is 15.1. The fourth-order valence-electron chi connectivity index (χ4n) is 3.24. The van der Waals surface area contributed by atoms with Crippen molar-refractivity contribution in [3.8, 4) is 12.3 Å². The molecule has 1 fully saturated rings. The molecule has 130 valence electrons. The number of pyridine rings is 1. The highest BCUT2D eigenvalue weighted by atomic mass is 16.5. The Hall–Kier alpha value is -2.58. The number of hydrogen-bond donors (Lipinski definition) is 0. The second kappa shape index (κ2) is 8.00. The minimum Gasteiger partial charge on any atom is -0.462 e. The monoisotopic (exact) mass is 337 g/mol. The second-order valence-electron chi connectivity index (χ2n) is 6.04. The fraction of sp³-hybridized carbons (Fsp3) is 0.400. The first-order valence-corrected chi connectivity index (χ1v) is 8.70. The highest BCUT2D eigenvalue weighted by Crippen LogP contribution is 2.31. The molecule has 1 aromatic heterocycles. The highest BCUT2D eigenvalue weighted by Gasteiger charge is 2.24. The van der Waals surface area contributed by atoms with Gasteiger partial charge in [0, 0.05) is 50.7 Å². The molecule has 0 amide bonds. The second-order valence-corrected chi connectivity index (χ2v) is 6.04. The Morgan fingerprint density at radius 1 is 1.28 bits per heavy atom. The average molecular weight is 337 g/mol. The third-order valence-corrected chi connectivity index (χ3v) is 4.50. The zero-order chi connectivity index (χ0) is 17.6. The molecule has 0 N–H and O–H groups in total. The molecule has 0 unspecified atom stereocenters. The molecule has 0 aliphatic carbocycles. The van der Waals surface area contributed by atoms with Gasteiger partial charge in [0.25, 0.3) is 0 Å². The van der Waals surface area contributed by atoms with Crippen molar-refractivity contribution in [1.82, 2.24) is 9.88 Å². The van der Waals surface area contributed by atoms with Crippen LogP contribution in [-0.2, 0) is 4.74 Å². The molecule has 1 aliphatic heterocycles. The van der Waals surface area contributed by atoms with Crippen LogP contribution < -0.4 is 4.90 Å². The summed E-state index contributed by atoms with van der Waals surface area (Å²) in [5, 5.41) is 0.991. The summed E-state index contributed by atoms with van der Waals surface area (Å²) in [6, 6.07) is 7.93. The number of piperazine rings is 1. The predicted molar refractivity (Wildman–Crippen MR) is 99.8 cm³/mol. The maximum atomic E-state index is 12.4. The summed E-state index contributed by atoms with van der Waals surface area (Å²) in [5.74, 6) is 2.38. The maximum Gasteiger partial charge on any atom is 0.341 e. The van der Waals surface area contributed by atoms with Gasteiger partial charge in [-0.1, -0.05) is 18.2 Å². The summed E-state index contributed by atoms with van der Waals surface area (Å²) in [6.45, 7) is 6.66. The number of esters is 1. The molecular formula is C20H23N3O2. The van der Waals surface area contributed by atoms with Crippen molar-refractivity contribution in [3.05, 3.63) is 36.0 Å². The van der Waals surface area contributed by atoms with Crippen molar-refractivity contribution in [2.75, 3.05) is 44.2 Å². The van der Waals surface area contributed by atoms with Crippen LogP contribution in [-0.4, -0.2) is 55.2 Å². The minimum atomic E-state index is -0.314. The SMILES string of the molecule is C#CCCN1CCN(c2c(C(=O)OCC)cnc3ccccc23)CC1. The summed E-state index contributed by atoms with van der Waals surface area (Å²) in [5.41, 5.74) is 2.36. The van der Waals surface area contributed by atoms with Crippen LogP contribution in [0.3, 0.4) is 0 Å². The number of hydrogen-bond acceptors (Lipinski definition) is 5. The van der Waals surface area contributed by atoms with Gasteiger partial charge in [-0.25, -0.2) is 4.79 Å². The molecule has 0 bridgehead atoms. The van der Waals surface area contributed by atoms with Gasteiger partial charge in [0.2, 0.25) is 0 Å². The standard InChI is InChI=1S/C20H23N3O2/c1-3-5-10-22-11-13-23(14-12-22)19-16-8-6-7-9-18(16)21-15-17(19)20(24)25-4-2/h1,6-9,15H,4-5,10-14H2,2H3. The van der Waals surface area contributed by atoms with E-state index in [4.69, 9.17) is 11.2 Å². The molecule has 0 atom stereocenters. The number of rotatable bonds is 5. The number of nitrogens with zero attached hydrogens (tertiary/aromatic N) is 3. The highest BCUT2D eigenvalue weighted by molar-refractivity contribution is 6.05. The van der Waals surface area contributed by atoms with Gasteiger partial charge in [-0.3, -0.25) is 9.88 Å². The quantitative estimate of drug-likeness (QED) is 0.620. The molecule has 25 heavy (non-hydrogen) atoms. The van der Waals surface area contributed by atoms with Gasteiger partial charge in [0.15, 0.2) is 0 Å². The lowest BCUT2D eigenvalue weighted by atomic mass is 10.1. The maximum absolute atomic E-state index is 12.4. The number of para-hydroxylation sites is 1. The predicted octanol–water partition coefficient (Wildman–Crippen LogP) is 2.56. The van der Waals surface area contributed by atoms with Crippen molar-refractivity contribution in [1.29, 1.82) is 0 Å². The van der Waals surface area contributed by atoms with Gasteiger partial charge in [-0.2, -0.15) is 0 Å². The lowest BCUT2D eigenvalue weighted by Gasteiger charge is -2.37. The molecule has 0 radical (unpaired) electrons. The Morgan fingerprint density at radius 3 is 2.76 bits per heavy atom. The smallest absolute Gasteiger partial charge is 0.341 e. The number of aromatic nitrogens is 1. The van der Waals surface area contributed by atoms with Crippen LogP contribution in [0.15, 0.2) is 30.5 Å². The number of terminal acetylenes is 1. The van der Waals surface area contributed by atoms with Gasteiger partial charge in [0.1, 0.15) is 5.56 Å². The first-order chi connectivity index (χ1) is 12.2. The molecule has 5 nitrogen and oxygen atoms in total. The first-order valence-electron chi connectivity index (χ1n) is 8.70. The number of carbonyl (C=O) groups excluding carboxylic acids is 1. The van der Waals surface area contributed by atoms with Gasteiger partial charge in [0.05, 0.1) is 17.8 Å². The van der Waals surface area contributed by atoms with E-state index in [1.54, 1.807) is 6.20 Å². The van der Waals surface area contributed by atoms with Crippen molar-refractivity contribution in [2.24, 2.45) is 0 Å². The van der Waals surface area contributed by atoms with Crippen LogP contribution in [0.25, 0.3) is 10.9 Å². The van der Waals surface area contributed by atoms with Gasteiger partial charge in [-0.05, 0) is 13.0 Å². The van der Waals surface area contributed by atoms with E-state index in [0.29, 0.717) is 12.2 Å². The Morgan fingerprint density at radius 2 is 2.04 bits per heavy atom. The Balaban J connectivity index is 1.92. The van der Waals surface area contributed by atoms with Crippen LogP contribution in [0.5, 0.6) is 0 Å². The van der Waals surface area contributed by atoms with Crippen LogP contribution in [0, 0.1) is 12.3 Å². The number of fused-ring (bicyclic) bond motifs is 1. The van der Waals surface area contributed by atoms with E-state index in [0.717, 1.165) is 55.7 Å². The zero-order valence-corrected chi connectivity index (χ0v) is 14.6. The lowest BCUT2D eigenvalue weighted by Crippen LogP contribution is -2.47. The molecule has 1 aliphatic rings. The molecule has 3 rings (SSSR count). The van der Waals surface area contributed by atoms with E-state index in [-0.39, 0.29) is 5.97 Å². The van der Waals surface area contributed by atoms with E-state index in [9.17, 15) is 4.79 Å². The zero-order valence-electron chi connectivity index (χ0n) is 14.6. The number of carbonyl (C=O) groups is 1. The van der Waals surface area contributed by atoms with Crippen molar-refractivity contribution in [3.63, 3.8) is 0 Å². The Kier molecular flexibility index (Phi) is 5.52. The molecule has 1 aromatic carbocycles. The summed E-state index contributed by atoms with van der Waals surface area (Å²) < 4.78 is 5.24. The molecule has 5 heteroatoms. The molecular weight excluding hydrogens is 314 g/mol. The molecule has 0 spiro atoms. The third kappa shape index (κ3) is 3.75. The van der Waals surface area contributed by atoms with E-state index in [2.05, 4.69) is 20.7 Å². The Bertz CT molecular complexity index is 789. The number of ether oxygens (including phenoxy) is 1. The van der Waals surface area contributed by atoms with E-state index < -0.39 is 0 Å². The fourth-order valence-corrected chi connectivity index (χ4v) is 3.24. The third-order valence-electron chi connectivity index (χ3n) is 4.50. The molecule has 0 saturated carbocycles. The van der Waals surface area contributed by atoms with Crippen LogP contribution >= 0.6 is 0 Å². The molecule has 2 aromatic rings. The summed E-state index contributed by atoms with van der Waals surface area (Å²) in [4.78, 5) is 21.5. The van der Waals surface area contributed by atoms with Crippen molar-refractivity contribution < 1.29 is 9.53 Å². The summed E-state index contributed by atoms with van der Waals surface area (Å²) >= 11 is 0. The number of benzene rings is 1. The van der Waals surface area contributed by atoms with Crippen molar-refractivity contribution >= 4 is 22.6 Å².